The second kappa shape index (κ2) is 4.69. The molecule has 1 aromatic heterocycles. The van der Waals surface area contributed by atoms with E-state index in [1.54, 1.807) is 0 Å². The van der Waals surface area contributed by atoms with Crippen molar-refractivity contribution in [1.29, 1.82) is 0 Å². The van der Waals surface area contributed by atoms with Crippen molar-refractivity contribution in [2.45, 2.75) is 13.0 Å². The maximum atomic E-state index is 12.0. The Hall–Kier alpha value is -1.99. The van der Waals surface area contributed by atoms with Gasteiger partial charge in [-0.3, -0.25) is 4.68 Å². The van der Waals surface area contributed by atoms with Crippen molar-refractivity contribution in [3.8, 4) is 0 Å². The van der Waals surface area contributed by atoms with Gasteiger partial charge >= 0.3 is 11.9 Å². The van der Waals surface area contributed by atoms with Gasteiger partial charge in [0.2, 0.25) is 0 Å². The molecule has 1 N–H and O–H groups in total. The Morgan fingerprint density at radius 3 is 2.69 bits per heavy atom. The second-order valence-electron chi connectivity index (χ2n) is 2.80. The first-order chi connectivity index (χ1) is 7.45. The molecule has 0 bridgehead atoms. The maximum absolute atomic E-state index is 12.0. The number of hydrogen-bond acceptors (Lipinski definition) is 4. The fourth-order valence-electron chi connectivity index (χ4n) is 1.07. The lowest BCUT2D eigenvalue weighted by molar-refractivity contribution is 0.0582. The fourth-order valence-corrected chi connectivity index (χ4v) is 1.07. The predicted octanol–water partition coefficient (Wildman–Crippen LogP) is 0.633. The van der Waals surface area contributed by atoms with Crippen LogP contribution in [0.2, 0.25) is 0 Å². The highest BCUT2D eigenvalue weighted by Gasteiger charge is 2.22. The summed E-state index contributed by atoms with van der Waals surface area (Å²) in [4.78, 5) is 21.8. The highest BCUT2D eigenvalue weighted by atomic mass is 19.3. The number of aromatic carboxylic acids is 1. The van der Waals surface area contributed by atoms with Crippen LogP contribution in [-0.4, -0.2) is 40.4 Å². The summed E-state index contributed by atoms with van der Waals surface area (Å²) < 4.78 is 29.0. The average Bonchev–Trinajstić information content (AvgIpc) is 2.59. The summed E-state index contributed by atoms with van der Waals surface area (Å²) in [5.41, 5.74) is -0.955. The zero-order valence-corrected chi connectivity index (χ0v) is 8.18. The zero-order chi connectivity index (χ0) is 12.3. The lowest BCUT2D eigenvalue weighted by atomic mass is 10.2. The molecule has 0 fully saturated rings. The molecule has 88 valence electrons. The van der Waals surface area contributed by atoms with Gasteiger partial charge in [-0.1, -0.05) is 0 Å². The molecule has 0 aromatic carbocycles. The van der Waals surface area contributed by atoms with Crippen molar-refractivity contribution in [2.24, 2.45) is 0 Å². The Labute approximate surface area is 88.4 Å². The van der Waals surface area contributed by atoms with Crippen molar-refractivity contribution in [3.63, 3.8) is 0 Å². The van der Waals surface area contributed by atoms with Gasteiger partial charge in [-0.05, 0) is 0 Å². The molecule has 0 unspecified atom stereocenters. The van der Waals surface area contributed by atoms with Crippen LogP contribution >= 0.6 is 0 Å². The minimum atomic E-state index is -2.69. The lowest BCUT2D eigenvalue weighted by Crippen LogP contribution is -2.09. The van der Waals surface area contributed by atoms with Crippen LogP contribution in [0.3, 0.4) is 0 Å². The van der Waals surface area contributed by atoms with Gasteiger partial charge < -0.3 is 9.84 Å². The number of aromatic nitrogens is 2. The van der Waals surface area contributed by atoms with Crippen molar-refractivity contribution in [2.75, 3.05) is 7.11 Å². The topological polar surface area (TPSA) is 81.4 Å². The number of methoxy groups -OCH3 is 1. The second-order valence-corrected chi connectivity index (χ2v) is 2.80. The fraction of sp³-hybridized carbons (Fsp3) is 0.375. The van der Waals surface area contributed by atoms with Gasteiger partial charge in [0.1, 0.15) is 12.1 Å². The first-order valence-corrected chi connectivity index (χ1v) is 4.13. The quantitative estimate of drug-likeness (QED) is 0.773. The number of halogens is 2. The third kappa shape index (κ3) is 2.53. The van der Waals surface area contributed by atoms with Crippen molar-refractivity contribution < 1.29 is 28.2 Å². The van der Waals surface area contributed by atoms with Crippen LogP contribution < -0.4 is 0 Å². The number of esters is 1. The van der Waals surface area contributed by atoms with Crippen LogP contribution in [0, 0.1) is 0 Å². The highest BCUT2D eigenvalue weighted by Crippen LogP contribution is 2.10. The normalized spacial score (nSPS) is 10.5. The van der Waals surface area contributed by atoms with Crippen LogP contribution in [0.25, 0.3) is 0 Å². The molecule has 0 saturated carbocycles. The van der Waals surface area contributed by atoms with Crippen LogP contribution in [0.4, 0.5) is 8.78 Å². The zero-order valence-electron chi connectivity index (χ0n) is 8.18. The minimum absolute atomic E-state index is 0.351. The van der Waals surface area contributed by atoms with E-state index in [9.17, 15) is 18.4 Å². The Morgan fingerprint density at radius 2 is 2.25 bits per heavy atom. The number of rotatable bonds is 4. The minimum Gasteiger partial charge on any atom is -0.476 e. The Kier molecular flexibility index (Phi) is 3.54. The van der Waals surface area contributed by atoms with Crippen molar-refractivity contribution in [1.82, 2.24) is 9.78 Å². The molecule has 0 aliphatic carbocycles. The number of hydrogen-bond donors (Lipinski definition) is 1. The molecule has 0 aliphatic rings. The maximum Gasteiger partial charge on any atom is 0.357 e. The monoisotopic (exact) mass is 234 g/mol. The predicted molar refractivity (Wildman–Crippen MR) is 46.5 cm³/mol. The Balaban J connectivity index is 3.10. The van der Waals surface area contributed by atoms with Gasteiger partial charge in [-0.2, -0.15) is 5.10 Å². The lowest BCUT2D eigenvalue weighted by Gasteiger charge is -1.97. The number of carboxylic acid groups (broad SMARTS) is 1. The first-order valence-electron chi connectivity index (χ1n) is 4.13. The molecule has 16 heavy (non-hydrogen) atoms. The van der Waals surface area contributed by atoms with Gasteiger partial charge in [0.15, 0.2) is 5.69 Å². The van der Waals surface area contributed by atoms with Gasteiger partial charge in [0, 0.05) is 6.20 Å². The molecule has 0 radical (unpaired) electrons. The summed E-state index contributed by atoms with van der Waals surface area (Å²) in [6.45, 7) is -0.780. The summed E-state index contributed by atoms with van der Waals surface area (Å²) in [5.74, 6) is -2.41. The SMILES string of the molecule is COC(=O)c1cn(CC(F)F)nc1C(=O)O. The van der Waals surface area contributed by atoms with E-state index in [0.29, 0.717) is 4.68 Å². The van der Waals surface area contributed by atoms with E-state index in [-0.39, 0.29) is 5.56 Å². The van der Waals surface area contributed by atoms with E-state index in [0.717, 1.165) is 13.3 Å². The van der Waals surface area contributed by atoms with E-state index in [1.807, 2.05) is 0 Å². The number of carbonyl (C=O) groups is 2. The molecular weight excluding hydrogens is 226 g/mol. The van der Waals surface area contributed by atoms with E-state index >= 15 is 0 Å². The van der Waals surface area contributed by atoms with Crippen LogP contribution in [0.5, 0.6) is 0 Å². The molecule has 6 nitrogen and oxygen atoms in total. The first kappa shape index (κ1) is 12.1. The summed E-state index contributed by atoms with van der Waals surface area (Å²) in [7, 11) is 1.05. The summed E-state index contributed by atoms with van der Waals surface area (Å²) in [6, 6.07) is 0. The average molecular weight is 234 g/mol. The van der Waals surface area contributed by atoms with Crippen molar-refractivity contribution >= 4 is 11.9 Å². The molecular formula is C8H8F2N2O4. The molecule has 0 amide bonds. The van der Waals surface area contributed by atoms with E-state index < -0.39 is 30.6 Å². The molecule has 1 heterocycles. The smallest absolute Gasteiger partial charge is 0.357 e. The number of ether oxygens (including phenoxy) is 1. The molecule has 1 aromatic rings. The highest BCUT2D eigenvalue weighted by molar-refractivity contribution is 6.00. The number of carbonyl (C=O) groups excluding carboxylic acids is 1. The van der Waals surface area contributed by atoms with E-state index in [1.165, 1.54) is 0 Å². The summed E-state index contributed by atoms with van der Waals surface area (Å²) in [5, 5.41) is 12.0. The van der Waals surface area contributed by atoms with Crippen LogP contribution in [0.15, 0.2) is 6.20 Å². The van der Waals surface area contributed by atoms with Gasteiger partial charge in [-0.15, -0.1) is 0 Å². The molecule has 0 atom stereocenters. The third-order valence-electron chi connectivity index (χ3n) is 1.69. The Bertz CT molecular complexity index is 416. The molecule has 1 rings (SSSR count). The third-order valence-corrected chi connectivity index (χ3v) is 1.69. The van der Waals surface area contributed by atoms with E-state index in [4.69, 9.17) is 5.11 Å². The Morgan fingerprint density at radius 1 is 1.62 bits per heavy atom. The van der Waals surface area contributed by atoms with Crippen molar-refractivity contribution in [3.05, 3.63) is 17.5 Å². The number of nitrogens with zero attached hydrogens (tertiary/aromatic N) is 2. The van der Waals surface area contributed by atoms with Crippen LogP contribution in [-0.2, 0) is 11.3 Å². The van der Waals surface area contributed by atoms with Gasteiger partial charge in [-0.25, -0.2) is 18.4 Å². The van der Waals surface area contributed by atoms with Crippen LogP contribution in [0.1, 0.15) is 20.8 Å². The van der Waals surface area contributed by atoms with Gasteiger partial charge in [0.05, 0.1) is 7.11 Å². The number of alkyl halides is 2. The number of carboxylic acids is 1. The standard InChI is InChI=1S/C8H8F2N2O4/c1-16-8(15)4-2-12(3-5(9)10)11-6(4)7(13)14/h2,5H,3H2,1H3,(H,13,14). The summed E-state index contributed by atoms with van der Waals surface area (Å²) in [6.07, 6.45) is -1.77. The molecule has 0 saturated heterocycles. The molecule has 0 aliphatic heterocycles. The molecule has 0 spiro atoms. The van der Waals surface area contributed by atoms with Gasteiger partial charge in [0.25, 0.3) is 6.43 Å². The summed E-state index contributed by atoms with van der Waals surface area (Å²) >= 11 is 0. The van der Waals surface area contributed by atoms with E-state index in [2.05, 4.69) is 9.84 Å². The largest absolute Gasteiger partial charge is 0.476 e. The molecule has 8 heteroatoms.